The van der Waals surface area contributed by atoms with Gasteiger partial charge in [-0.3, -0.25) is 4.79 Å². The molecule has 0 aromatic carbocycles. The Balaban J connectivity index is 2.09. The summed E-state index contributed by atoms with van der Waals surface area (Å²) in [5.74, 6) is 1.82. The van der Waals surface area contributed by atoms with E-state index in [9.17, 15) is 4.79 Å². The zero-order valence-corrected chi connectivity index (χ0v) is 10.3. The molecule has 0 saturated carbocycles. The highest BCUT2D eigenvalue weighted by molar-refractivity contribution is 7.99. The maximum atomic E-state index is 11.6. The predicted molar refractivity (Wildman–Crippen MR) is 67.5 cm³/mol. The number of thioether (sulfide) groups is 1. The van der Waals surface area contributed by atoms with Crippen LogP contribution < -0.4 is 11.1 Å². The number of ether oxygens (including phenoxy) is 1. The fraction of sp³-hybridized carbons (Fsp3) is 0.727. The van der Waals surface area contributed by atoms with E-state index < -0.39 is 0 Å². The minimum atomic E-state index is -0.294. The van der Waals surface area contributed by atoms with Gasteiger partial charge in [0.2, 0.25) is 5.91 Å². The molecule has 2 unspecified atom stereocenters. The van der Waals surface area contributed by atoms with Gasteiger partial charge < -0.3 is 15.8 Å². The molecule has 0 aromatic rings. The first-order valence-electron chi connectivity index (χ1n) is 5.59. The van der Waals surface area contributed by atoms with E-state index in [0.717, 1.165) is 24.3 Å². The van der Waals surface area contributed by atoms with Crippen molar-refractivity contribution in [3.05, 3.63) is 12.7 Å². The average Bonchev–Trinajstić information content (AvgIpc) is 2.77. The summed E-state index contributed by atoms with van der Waals surface area (Å²) in [6.45, 7) is 4.82. The van der Waals surface area contributed by atoms with E-state index in [-0.39, 0.29) is 18.1 Å². The number of hydrogen-bond acceptors (Lipinski definition) is 4. The summed E-state index contributed by atoms with van der Waals surface area (Å²) in [5, 5.41) is 2.87. The third-order valence-corrected chi connectivity index (χ3v) is 3.41. The molecule has 92 valence electrons. The van der Waals surface area contributed by atoms with Gasteiger partial charge in [-0.25, -0.2) is 0 Å². The number of carbonyl (C=O) groups is 1. The van der Waals surface area contributed by atoms with E-state index in [1.165, 1.54) is 0 Å². The monoisotopic (exact) mass is 244 g/mol. The van der Waals surface area contributed by atoms with Crippen LogP contribution in [0.5, 0.6) is 0 Å². The van der Waals surface area contributed by atoms with Crippen molar-refractivity contribution < 1.29 is 9.53 Å². The fourth-order valence-electron chi connectivity index (χ4n) is 1.60. The van der Waals surface area contributed by atoms with Gasteiger partial charge in [-0.2, -0.15) is 11.8 Å². The van der Waals surface area contributed by atoms with Gasteiger partial charge in [-0.05, 0) is 12.8 Å². The SMILES string of the molecule is C=CCSCCNC(=O)C1CCC(CN)O1. The van der Waals surface area contributed by atoms with Crippen LogP contribution in [0.3, 0.4) is 0 Å². The van der Waals surface area contributed by atoms with Crippen LogP contribution in [0.15, 0.2) is 12.7 Å². The lowest BCUT2D eigenvalue weighted by Gasteiger charge is -2.12. The summed E-state index contributed by atoms with van der Waals surface area (Å²) in [7, 11) is 0. The molecule has 1 aliphatic rings. The normalized spacial score (nSPS) is 24.3. The number of nitrogens with one attached hydrogen (secondary N) is 1. The van der Waals surface area contributed by atoms with Crippen LogP contribution in [0.4, 0.5) is 0 Å². The second kappa shape index (κ2) is 7.70. The molecule has 0 aliphatic carbocycles. The minimum absolute atomic E-state index is 0.00449. The molecule has 0 aromatic heterocycles. The summed E-state index contributed by atoms with van der Waals surface area (Å²) in [6, 6.07) is 0. The van der Waals surface area contributed by atoms with Crippen molar-refractivity contribution in [3.63, 3.8) is 0 Å². The van der Waals surface area contributed by atoms with E-state index in [0.29, 0.717) is 13.1 Å². The van der Waals surface area contributed by atoms with Crippen molar-refractivity contribution in [3.8, 4) is 0 Å². The number of hydrogen-bond donors (Lipinski definition) is 2. The number of rotatable bonds is 7. The molecule has 2 atom stereocenters. The lowest BCUT2D eigenvalue weighted by Crippen LogP contribution is -2.36. The van der Waals surface area contributed by atoms with Gasteiger partial charge in [-0.15, -0.1) is 6.58 Å². The minimum Gasteiger partial charge on any atom is -0.364 e. The van der Waals surface area contributed by atoms with E-state index in [4.69, 9.17) is 10.5 Å². The Labute approximate surface area is 101 Å². The topological polar surface area (TPSA) is 64.4 Å². The fourth-order valence-corrected chi connectivity index (χ4v) is 2.18. The third kappa shape index (κ3) is 4.55. The molecule has 5 heteroatoms. The second-order valence-electron chi connectivity index (χ2n) is 3.71. The first-order chi connectivity index (χ1) is 7.77. The Kier molecular flexibility index (Phi) is 6.52. The van der Waals surface area contributed by atoms with Crippen molar-refractivity contribution >= 4 is 17.7 Å². The molecule has 1 rings (SSSR count). The summed E-state index contributed by atoms with van der Waals surface area (Å²) in [6.07, 6.45) is 3.30. The van der Waals surface area contributed by atoms with Crippen LogP contribution in [0.25, 0.3) is 0 Å². The van der Waals surface area contributed by atoms with Gasteiger partial charge in [0.25, 0.3) is 0 Å². The molecule has 1 saturated heterocycles. The Morgan fingerprint density at radius 2 is 2.44 bits per heavy atom. The molecule has 0 spiro atoms. The van der Waals surface area contributed by atoms with Gasteiger partial charge in [0.05, 0.1) is 6.10 Å². The Hall–Kier alpha value is -0.520. The zero-order valence-electron chi connectivity index (χ0n) is 9.48. The van der Waals surface area contributed by atoms with Gasteiger partial charge in [0.15, 0.2) is 0 Å². The Morgan fingerprint density at radius 3 is 3.06 bits per heavy atom. The van der Waals surface area contributed by atoms with E-state index in [2.05, 4.69) is 11.9 Å². The molecule has 1 fully saturated rings. The van der Waals surface area contributed by atoms with E-state index in [1.807, 2.05) is 6.08 Å². The second-order valence-corrected chi connectivity index (χ2v) is 4.86. The molecule has 0 radical (unpaired) electrons. The summed E-state index contributed by atoms with van der Waals surface area (Å²) >= 11 is 1.75. The molecule has 1 aliphatic heterocycles. The van der Waals surface area contributed by atoms with Crippen molar-refractivity contribution in [1.29, 1.82) is 0 Å². The molecular weight excluding hydrogens is 224 g/mol. The molecule has 1 heterocycles. The quantitative estimate of drug-likeness (QED) is 0.506. The molecule has 1 amide bonds. The van der Waals surface area contributed by atoms with Crippen LogP contribution in [0, 0.1) is 0 Å². The molecule has 3 N–H and O–H groups in total. The number of carbonyl (C=O) groups excluding carboxylic acids is 1. The standard InChI is InChI=1S/C11H20N2O2S/c1-2-6-16-7-5-13-11(14)10-4-3-9(8-12)15-10/h2,9-10H,1,3-8,12H2,(H,13,14). The van der Waals surface area contributed by atoms with Gasteiger partial charge >= 0.3 is 0 Å². The first kappa shape index (κ1) is 13.5. The molecule has 4 nitrogen and oxygen atoms in total. The van der Waals surface area contributed by atoms with Crippen LogP contribution in [0.1, 0.15) is 12.8 Å². The smallest absolute Gasteiger partial charge is 0.249 e. The molecule has 16 heavy (non-hydrogen) atoms. The Morgan fingerprint density at radius 1 is 1.62 bits per heavy atom. The summed E-state index contributed by atoms with van der Waals surface area (Å²) < 4.78 is 5.49. The summed E-state index contributed by atoms with van der Waals surface area (Å²) in [5.41, 5.74) is 5.48. The zero-order chi connectivity index (χ0) is 11.8. The van der Waals surface area contributed by atoms with Gasteiger partial charge in [0.1, 0.15) is 6.10 Å². The maximum Gasteiger partial charge on any atom is 0.249 e. The molecule has 0 bridgehead atoms. The van der Waals surface area contributed by atoms with E-state index >= 15 is 0 Å². The van der Waals surface area contributed by atoms with Crippen molar-refractivity contribution in [2.75, 3.05) is 24.6 Å². The maximum absolute atomic E-state index is 11.6. The lowest BCUT2D eigenvalue weighted by molar-refractivity contribution is -0.131. The van der Waals surface area contributed by atoms with Crippen molar-refractivity contribution in [1.82, 2.24) is 5.32 Å². The molecular formula is C11H20N2O2S. The van der Waals surface area contributed by atoms with E-state index in [1.54, 1.807) is 11.8 Å². The largest absolute Gasteiger partial charge is 0.364 e. The van der Waals surface area contributed by atoms with Gasteiger partial charge in [0, 0.05) is 24.6 Å². The lowest BCUT2D eigenvalue weighted by atomic mass is 10.2. The van der Waals surface area contributed by atoms with Crippen LogP contribution in [-0.4, -0.2) is 42.7 Å². The van der Waals surface area contributed by atoms with Crippen LogP contribution in [0.2, 0.25) is 0 Å². The highest BCUT2D eigenvalue weighted by Gasteiger charge is 2.29. The van der Waals surface area contributed by atoms with Crippen LogP contribution in [-0.2, 0) is 9.53 Å². The highest BCUT2D eigenvalue weighted by atomic mass is 32.2. The van der Waals surface area contributed by atoms with Crippen LogP contribution >= 0.6 is 11.8 Å². The Bertz CT molecular complexity index is 236. The van der Waals surface area contributed by atoms with Crippen molar-refractivity contribution in [2.24, 2.45) is 5.73 Å². The highest BCUT2D eigenvalue weighted by Crippen LogP contribution is 2.18. The third-order valence-electron chi connectivity index (χ3n) is 2.44. The number of nitrogens with two attached hydrogens (primary N) is 1. The summed E-state index contributed by atoms with van der Waals surface area (Å²) in [4.78, 5) is 11.6. The van der Waals surface area contributed by atoms with Gasteiger partial charge in [-0.1, -0.05) is 6.08 Å². The average molecular weight is 244 g/mol. The first-order valence-corrected chi connectivity index (χ1v) is 6.75. The van der Waals surface area contributed by atoms with Crippen molar-refractivity contribution in [2.45, 2.75) is 25.0 Å². The number of amides is 1. The predicted octanol–water partition coefficient (Wildman–Crippen LogP) is 0.528.